The van der Waals surface area contributed by atoms with Gasteiger partial charge in [0.05, 0.1) is 13.2 Å². The number of carboxylic acid groups (broad SMARTS) is 1. The fraction of sp³-hybridized carbons (Fsp3) is 0.682. The molecule has 2 fully saturated rings. The Morgan fingerprint density at radius 1 is 1.19 bits per heavy atom. The summed E-state index contributed by atoms with van der Waals surface area (Å²) in [6.45, 7) is 3.95. The maximum absolute atomic E-state index is 10.9. The molecule has 1 saturated heterocycles. The van der Waals surface area contributed by atoms with E-state index in [0.29, 0.717) is 6.04 Å². The normalized spacial score (nSPS) is 20.1. The van der Waals surface area contributed by atoms with Crippen molar-refractivity contribution in [3.8, 4) is 5.75 Å². The zero-order valence-electron chi connectivity index (χ0n) is 16.6. The van der Waals surface area contributed by atoms with E-state index < -0.39 is 5.97 Å². The molecular formula is C22H34N2O3. The third-order valence-electron chi connectivity index (χ3n) is 6.08. The number of aliphatic carboxylic acids is 1. The summed E-state index contributed by atoms with van der Waals surface area (Å²) in [5, 5.41) is 8.95. The minimum absolute atomic E-state index is 0.130. The average Bonchev–Trinajstić information content (AvgIpc) is 2.67. The second kappa shape index (κ2) is 10.1. The largest absolute Gasteiger partial charge is 0.493 e. The molecule has 2 aliphatic rings. The van der Waals surface area contributed by atoms with Gasteiger partial charge in [-0.05, 0) is 69.4 Å². The molecule has 1 aromatic rings. The van der Waals surface area contributed by atoms with Crippen molar-refractivity contribution < 1.29 is 14.6 Å². The van der Waals surface area contributed by atoms with E-state index in [4.69, 9.17) is 9.84 Å². The molecule has 1 aromatic carbocycles. The minimum atomic E-state index is -0.745. The number of likely N-dealkylation sites (tertiary alicyclic amines) is 1. The van der Waals surface area contributed by atoms with E-state index in [2.05, 4.69) is 29.2 Å². The van der Waals surface area contributed by atoms with Crippen LogP contribution in [0.2, 0.25) is 0 Å². The Hall–Kier alpha value is -1.59. The number of rotatable bonds is 8. The molecule has 150 valence electrons. The van der Waals surface area contributed by atoms with Crippen molar-refractivity contribution in [2.75, 3.05) is 33.3 Å². The summed E-state index contributed by atoms with van der Waals surface area (Å²) in [6.07, 6.45) is 8.77. The predicted molar refractivity (Wildman–Crippen MR) is 107 cm³/mol. The molecule has 0 bridgehead atoms. The van der Waals surface area contributed by atoms with Crippen molar-refractivity contribution in [2.45, 2.75) is 57.5 Å². The number of carboxylic acids is 1. The van der Waals surface area contributed by atoms with Crippen LogP contribution in [0.1, 0.15) is 50.5 Å². The second-order valence-corrected chi connectivity index (χ2v) is 8.28. The molecule has 0 amide bonds. The van der Waals surface area contributed by atoms with Gasteiger partial charge in [0, 0.05) is 12.6 Å². The van der Waals surface area contributed by atoms with Gasteiger partial charge in [-0.3, -0.25) is 14.6 Å². The van der Waals surface area contributed by atoms with Crippen LogP contribution in [0.25, 0.3) is 0 Å². The number of ether oxygens (including phenoxy) is 1. The molecule has 0 aromatic heterocycles. The van der Waals surface area contributed by atoms with E-state index in [0.717, 1.165) is 50.8 Å². The first-order valence-corrected chi connectivity index (χ1v) is 10.5. The smallest absolute Gasteiger partial charge is 0.317 e. The van der Waals surface area contributed by atoms with Crippen LogP contribution in [0.5, 0.6) is 5.75 Å². The summed E-state index contributed by atoms with van der Waals surface area (Å²) in [5.41, 5.74) is 1.30. The average molecular weight is 375 g/mol. The summed E-state index contributed by atoms with van der Waals surface area (Å²) in [6, 6.07) is 8.91. The van der Waals surface area contributed by atoms with Gasteiger partial charge < -0.3 is 9.84 Å². The van der Waals surface area contributed by atoms with Gasteiger partial charge in [0.15, 0.2) is 0 Å². The van der Waals surface area contributed by atoms with Gasteiger partial charge in [-0.15, -0.1) is 0 Å². The van der Waals surface area contributed by atoms with Crippen LogP contribution in [0.3, 0.4) is 0 Å². The number of piperidine rings is 1. The third kappa shape index (κ3) is 6.51. The van der Waals surface area contributed by atoms with E-state index in [1.165, 1.54) is 37.7 Å². The van der Waals surface area contributed by atoms with Crippen LogP contribution in [-0.4, -0.2) is 60.2 Å². The van der Waals surface area contributed by atoms with Gasteiger partial charge in [0.25, 0.3) is 0 Å². The molecule has 1 saturated carbocycles. The van der Waals surface area contributed by atoms with Crippen molar-refractivity contribution >= 4 is 5.97 Å². The molecule has 0 unspecified atom stereocenters. The van der Waals surface area contributed by atoms with Gasteiger partial charge in [-0.1, -0.05) is 31.4 Å². The van der Waals surface area contributed by atoms with Crippen molar-refractivity contribution in [2.24, 2.45) is 5.92 Å². The molecule has 27 heavy (non-hydrogen) atoms. The predicted octanol–water partition coefficient (Wildman–Crippen LogP) is 3.63. The van der Waals surface area contributed by atoms with E-state index >= 15 is 0 Å². The molecule has 0 spiro atoms. The Morgan fingerprint density at radius 3 is 2.63 bits per heavy atom. The van der Waals surface area contributed by atoms with Gasteiger partial charge in [0.2, 0.25) is 0 Å². The summed E-state index contributed by atoms with van der Waals surface area (Å²) in [4.78, 5) is 15.3. The molecule has 3 rings (SSSR count). The molecule has 1 heterocycles. The standard InChI is InChI=1S/C22H34N2O3/c1-23(16-22(25)26)20-10-12-24(13-11-20)15-19-8-5-9-21(14-19)27-17-18-6-3-2-4-7-18/h5,8-9,14,18,20H,2-4,6-7,10-13,15-17H2,1H3,(H,25,26). The zero-order chi connectivity index (χ0) is 19.1. The van der Waals surface area contributed by atoms with Crippen molar-refractivity contribution in [3.05, 3.63) is 29.8 Å². The molecule has 1 aliphatic heterocycles. The Balaban J connectivity index is 1.43. The molecule has 0 radical (unpaired) electrons. The summed E-state index contributed by atoms with van der Waals surface area (Å²) < 4.78 is 6.08. The fourth-order valence-corrected chi connectivity index (χ4v) is 4.42. The van der Waals surface area contributed by atoms with Gasteiger partial charge >= 0.3 is 5.97 Å². The van der Waals surface area contributed by atoms with E-state index in [9.17, 15) is 4.79 Å². The van der Waals surface area contributed by atoms with E-state index in [1.54, 1.807) is 0 Å². The quantitative estimate of drug-likeness (QED) is 0.753. The van der Waals surface area contributed by atoms with Crippen LogP contribution >= 0.6 is 0 Å². The van der Waals surface area contributed by atoms with Gasteiger partial charge in [-0.2, -0.15) is 0 Å². The fourth-order valence-electron chi connectivity index (χ4n) is 4.42. The van der Waals surface area contributed by atoms with E-state index in [1.807, 2.05) is 11.9 Å². The molecule has 1 N–H and O–H groups in total. The molecule has 0 atom stereocenters. The van der Waals surface area contributed by atoms with Crippen molar-refractivity contribution in [1.82, 2.24) is 9.80 Å². The SMILES string of the molecule is CN(CC(=O)O)C1CCN(Cc2cccc(OCC3CCCCC3)c2)CC1. The monoisotopic (exact) mass is 374 g/mol. The highest BCUT2D eigenvalue weighted by Gasteiger charge is 2.23. The molecular weight excluding hydrogens is 340 g/mol. The van der Waals surface area contributed by atoms with Crippen LogP contribution in [-0.2, 0) is 11.3 Å². The lowest BCUT2D eigenvalue weighted by molar-refractivity contribution is -0.138. The first-order valence-electron chi connectivity index (χ1n) is 10.5. The van der Waals surface area contributed by atoms with E-state index in [-0.39, 0.29) is 6.54 Å². The van der Waals surface area contributed by atoms with Gasteiger partial charge in [-0.25, -0.2) is 0 Å². The van der Waals surface area contributed by atoms with Crippen LogP contribution in [0.15, 0.2) is 24.3 Å². The Kier molecular flexibility index (Phi) is 7.53. The highest BCUT2D eigenvalue weighted by atomic mass is 16.5. The van der Waals surface area contributed by atoms with Gasteiger partial charge in [0.1, 0.15) is 5.75 Å². The Labute approximate surface area is 163 Å². The number of likely N-dealkylation sites (N-methyl/N-ethyl adjacent to an activating group) is 1. The number of hydrogen-bond acceptors (Lipinski definition) is 4. The lowest BCUT2D eigenvalue weighted by Crippen LogP contribution is -2.44. The summed E-state index contributed by atoms with van der Waals surface area (Å²) in [5.74, 6) is 0.975. The van der Waals surface area contributed by atoms with Crippen LogP contribution in [0, 0.1) is 5.92 Å². The number of carbonyl (C=O) groups is 1. The third-order valence-corrected chi connectivity index (χ3v) is 6.08. The molecule has 1 aliphatic carbocycles. The summed E-state index contributed by atoms with van der Waals surface area (Å²) >= 11 is 0. The highest BCUT2D eigenvalue weighted by molar-refractivity contribution is 5.69. The number of nitrogens with zero attached hydrogens (tertiary/aromatic N) is 2. The lowest BCUT2D eigenvalue weighted by Gasteiger charge is -2.36. The van der Waals surface area contributed by atoms with Crippen LogP contribution < -0.4 is 4.74 Å². The van der Waals surface area contributed by atoms with Crippen molar-refractivity contribution in [3.63, 3.8) is 0 Å². The first-order chi connectivity index (χ1) is 13.1. The molecule has 5 nitrogen and oxygen atoms in total. The second-order valence-electron chi connectivity index (χ2n) is 8.28. The molecule has 5 heteroatoms. The van der Waals surface area contributed by atoms with Crippen molar-refractivity contribution in [1.29, 1.82) is 0 Å². The Bertz CT molecular complexity index is 593. The maximum atomic E-state index is 10.9. The highest BCUT2D eigenvalue weighted by Crippen LogP contribution is 2.25. The topological polar surface area (TPSA) is 53.0 Å². The maximum Gasteiger partial charge on any atom is 0.317 e. The number of hydrogen-bond donors (Lipinski definition) is 1. The number of benzene rings is 1. The van der Waals surface area contributed by atoms with Crippen LogP contribution in [0.4, 0.5) is 0 Å². The Morgan fingerprint density at radius 2 is 1.93 bits per heavy atom. The summed E-state index contributed by atoms with van der Waals surface area (Å²) in [7, 11) is 1.92. The minimum Gasteiger partial charge on any atom is -0.493 e. The lowest BCUT2D eigenvalue weighted by atomic mass is 9.90. The zero-order valence-corrected chi connectivity index (χ0v) is 16.6. The first kappa shape index (κ1) is 20.2.